The van der Waals surface area contributed by atoms with Gasteiger partial charge in [-0.1, -0.05) is 0 Å². The number of rotatable bonds is 5. The monoisotopic (exact) mass is 308 g/mol. The molecule has 0 aliphatic carbocycles. The summed E-state index contributed by atoms with van der Waals surface area (Å²) in [5.41, 5.74) is 0.423. The molecule has 8 nitrogen and oxygen atoms in total. The number of anilines is 1. The number of hydrogen-bond acceptors (Lipinski definition) is 7. The fourth-order valence-electron chi connectivity index (χ4n) is 2.13. The van der Waals surface area contributed by atoms with Crippen molar-refractivity contribution in [2.24, 2.45) is 0 Å². The van der Waals surface area contributed by atoms with Crippen LogP contribution in [-0.2, 0) is 14.3 Å². The molecule has 0 atom stereocenters. The van der Waals surface area contributed by atoms with Crippen LogP contribution in [0.2, 0.25) is 0 Å². The second-order valence-electron chi connectivity index (χ2n) is 4.84. The Kier molecular flexibility index (Phi) is 5.05. The standard InChI is InChI=1S/C14H16N2O6/c1-10(17)9-22-14(18)12-8-11(16(19)20)2-3-13(12)15-4-6-21-7-5-15/h2-3,8H,4-7,9H2,1H3. The summed E-state index contributed by atoms with van der Waals surface area (Å²) in [5, 5.41) is 10.9. The van der Waals surface area contributed by atoms with Gasteiger partial charge in [-0.25, -0.2) is 4.79 Å². The van der Waals surface area contributed by atoms with Crippen LogP contribution in [-0.4, -0.2) is 49.6 Å². The maximum atomic E-state index is 12.1. The molecule has 1 fully saturated rings. The van der Waals surface area contributed by atoms with Crippen LogP contribution in [0.5, 0.6) is 0 Å². The second-order valence-corrected chi connectivity index (χ2v) is 4.84. The average molecular weight is 308 g/mol. The van der Waals surface area contributed by atoms with Crippen LogP contribution >= 0.6 is 0 Å². The van der Waals surface area contributed by atoms with Crippen molar-refractivity contribution in [3.8, 4) is 0 Å². The molecule has 1 aromatic carbocycles. The van der Waals surface area contributed by atoms with Gasteiger partial charge in [-0.05, 0) is 13.0 Å². The van der Waals surface area contributed by atoms with E-state index in [-0.39, 0.29) is 23.6 Å². The summed E-state index contributed by atoms with van der Waals surface area (Å²) in [6.07, 6.45) is 0. The Morgan fingerprint density at radius 2 is 2.05 bits per heavy atom. The van der Waals surface area contributed by atoms with Gasteiger partial charge in [-0.15, -0.1) is 0 Å². The van der Waals surface area contributed by atoms with Crippen molar-refractivity contribution >= 4 is 23.1 Å². The van der Waals surface area contributed by atoms with Crippen molar-refractivity contribution in [2.75, 3.05) is 37.8 Å². The highest BCUT2D eigenvalue weighted by Gasteiger charge is 2.23. The van der Waals surface area contributed by atoms with Gasteiger partial charge in [0.05, 0.1) is 29.4 Å². The van der Waals surface area contributed by atoms with E-state index in [0.717, 1.165) is 0 Å². The Labute approximate surface area is 126 Å². The van der Waals surface area contributed by atoms with Crippen molar-refractivity contribution in [3.05, 3.63) is 33.9 Å². The normalized spacial score (nSPS) is 14.5. The minimum Gasteiger partial charge on any atom is -0.454 e. The number of nitro benzene ring substituents is 1. The van der Waals surface area contributed by atoms with Crippen LogP contribution in [0.3, 0.4) is 0 Å². The minimum absolute atomic E-state index is 0.0809. The molecule has 1 aliphatic heterocycles. The molecular formula is C14H16N2O6. The first-order chi connectivity index (χ1) is 10.5. The topological polar surface area (TPSA) is 99.0 Å². The van der Waals surface area contributed by atoms with E-state index in [1.54, 1.807) is 0 Å². The van der Waals surface area contributed by atoms with Crippen molar-refractivity contribution in [1.82, 2.24) is 0 Å². The number of nitrogens with zero attached hydrogens (tertiary/aromatic N) is 2. The van der Waals surface area contributed by atoms with Crippen LogP contribution in [0, 0.1) is 10.1 Å². The van der Waals surface area contributed by atoms with Gasteiger partial charge >= 0.3 is 5.97 Å². The van der Waals surface area contributed by atoms with E-state index in [4.69, 9.17) is 9.47 Å². The molecule has 0 amide bonds. The fraction of sp³-hybridized carbons (Fsp3) is 0.429. The number of Topliss-reactive ketones (excluding diaryl/α,β-unsaturated/α-hetero) is 1. The summed E-state index contributed by atoms with van der Waals surface area (Å²) in [6, 6.07) is 4.04. The lowest BCUT2D eigenvalue weighted by atomic mass is 10.1. The molecule has 1 saturated heterocycles. The third-order valence-electron chi connectivity index (χ3n) is 3.17. The molecule has 0 radical (unpaired) electrons. The summed E-state index contributed by atoms with van der Waals surface area (Å²) >= 11 is 0. The van der Waals surface area contributed by atoms with E-state index in [0.29, 0.717) is 32.0 Å². The van der Waals surface area contributed by atoms with Crippen LogP contribution in [0.25, 0.3) is 0 Å². The summed E-state index contributed by atoms with van der Waals surface area (Å²) in [7, 11) is 0. The number of carbonyl (C=O) groups excluding carboxylic acids is 2. The number of non-ortho nitro benzene ring substituents is 1. The molecule has 0 spiro atoms. The zero-order chi connectivity index (χ0) is 16.1. The third-order valence-corrected chi connectivity index (χ3v) is 3.17. The van der Waals surface area contributed by atoms with E-state index in [1.165, 1.54) is 25.1 Å². The van der Waals surface area contributed by atoms with Gasteiger partial charge in [0.1, 0.15) is 6.61 Å². The van der Waals surface area contributed by atoms with Crippen LogP contribution in [0.15, 0.2) is 18.2 Å². The van der Waals surface area contributed by atoms with Crippen molar-refractivity contribution < 1.29 is 24.0 Å². The molecule has 1 aliphatic rings. The van der Waals surface area contributed by atoms with Crippen molar-refractivity contribution in [1.29, 1.82) is 0 Å². The highest BCUT2D eigenvalue weighted by molar-refractivity contribution is 5.97. The van der Waals surface area contributed by atoms with E-state index < -0.39 is 10.9 Å². The van der Waals surface area contributed by atoms with Gasteiger partial charge in [0.15, 0.2) is 5.78 Å². The van der Waals surface area contributed by atoms with E-state index >= 15 is 0 Å². The van der Waals surface area contributed by atoms with Gasteiger partial charge in [0.2, 0.25) is 0 Å². The zero-order valence-corrected chi connectivity index (χ0v) is 12.1. The van der Waals surface area contributed by atoms with Gasteiger partial charge in [0.25, 0.3) is 5.69 Å². The molecule has 0 saturated carbocycles. The Morgan fingerprint density at radius 1 is 1.36 bits per heavy atom. The first-order valence-corrected chi connectivity index (χ1v) is 6.76. The van der Waals surface area contributed by atoms with Crippen molar-refractivity contribution in [2.45, 2.75) is 6.92 Å². The largest absolute Gasteiger partial charge is 0.454 e. The van der Waals surface area contributed by atoms with Gasteiger partial charge < -0.3 is 14.4 Å². The predicted octanol–water partition coefficient (Wildman–Crippen LogP) is 1.18. The van der Waals surface area contributed by atoms with Gasteiger partial charge in [-0.2, -0.15) is 0 Å². The average Bonchev–Trinajstić information content (AvgIpc) is 2.52. The van der Waals surface area contributed by atoms with Gasteiger partial charge in [0, 0.05) is 25.2 Å². The first kappa shape index (κ1) is 15.9. The van der Waals surface area contributed by atoms with Crippen LogP contribution in [0.1, 0.15) is 17.3 Å². The van der Waals surface area contributed by atoms with E-state index in [2.05, 4.69) is 0 Å². The quantitative estimate of drug-likeness (QED) is 0.457. The molecule has 0 bridgehead atoms. The summed E-state index contributed by atoms with van der Waals surface area (Å²) in [4.78, 5) is 35.3. The number of esters is 1. The molecule has 22 heavy (non-hydrogen) atoms. The molecular weight excluding hydrogens is 292 g/mol. The molecule has 2 rings (SSSR count). The Bertz CT molecular complexity index is 595. The number of benzene rings is 1. The lowest BCUT2D eigenvalue weighted by Gasteiger charge is -2.30. The van der Waals surface area contributed by atoms with Crippen molar-refractivity contribution in [3.63, 3.8) is 0 Å². The Hall–Kier alpha value is -2.48. The molecule has 0 unspecified atom stereocenters. The number of nitro groups is 1. The van der Waals surface area contributed by atoms with Crippen LogP contribution < -0.4 is 4.90 Å². The molecule has 8 heteroatoms. The summed E-state index contributed by atoms with van der Waals surface area (Å²) in [6.45, 7) is 3.11. The van der Waals surface area contributed by atoms with E-state index in [1.807, 2.05) is 4.90 Å². The molecule has 0 aromatic heterocycles. The van der Waals surface area contributed by atoms with Gasteiger partial charge in [-0.3, -0.25) is 14.9 Å². The Morgan fingerprint density at radius 3 is 2.64 bits per heavy atom. The molecule has 1 aromatic rings. The highest BCUT2D eigenvalue weighted by atomic mass is 16.6. The lowest BCUT2D eigenvalue weighted by molar-refractivity contribution is -0.384. The molecule has 118 valence electrons. The maximum absolute atomic E-state index is 12.1. The highest BCUT2D eigenvalue weighted by Crippen LogP contribution is 2.27. The second kappa shape index (κ2) is 6.99. The summed E-state index contributed by atoms with van der Waals surface area (Å²) < 4.78 is 10.1. The Balaban J connectivity index is 2.32. The predicted molar refractivity (Wildman–Crippen MR) is 77.1 cm³/mol. The SMILES string of the molecule is CC(=O)COC(=O)c1cc([N+](=O)[O-])ccc1N1CCOCC1. The number of ether oxygens (including phenoxy) is 2. The smallest absolute Gasteiger partial charge is 0.340 e. The summed E-state index contributed by atoms with van der Waals surface area (Å²) in [5.74, 6) is -1.05. The number of morpholine rings is 1. The number of hydrogen-bond donors (Lipinski definition) is 0. The van der Waals surface area contributed by atoms with E-state index in [9.17, 15) is 19.7 Å². The third kappa shape index (κ3) is 3.79. The maximum Gasteiger partial charge on any atom is 0.340 e. The molecule has 0 N–H and O–H groups in total. The lowest BCUT2D eigenvalue weighted by Crippen LogP contribution is -2.37. The fourth-order valence-corrected chi connectivity index (χ4v) is 2.13. The minimum atomic E-state index is -0.750. The zero-order valence-electron chi connectivity index (χ0n) is 12.1. The number of ketones is 1. The first-order valence-electron chi connectivity index (χ1n) is 6.76. The van der Waals surface area contributed by atoms with Crippen LogP contribution in [0.4, 0.5) is 11.4 Å². The number of carbonyl (C=O) groups is 2. The molecule has 1 heterocycles.